The van der Waals surface area contributed by atoms with Gasteiger partial charge in [-0.1, -0.05) is 29.3 Å². The minimum atomic E-state index is -0.0457. The number of aryl methyl sites for hydroxylation is 1. The summed E-state index contributed by atoms with van der Waals surface area (Å²) in [4.78, 5) is 9.83. The summed E-state index contributed by atoms with van der Waals surface area (Å²) in [6.45, 7) is 4.62. The Kier molecular flexibility index (Phi) is 8.60. The molecular weight excluding hydrogens is 466 g/mol. The molecule has 0 aliphatic heterocycles. The van der Waals surface area contributed by atoms with E-state index in [0.717, 1.165) is 17.0 Å². The second kappa shape index (κ2) is 9.66. The van der Waals surface area contributed by atoms with E-state index in [4.69, 9.17) is 28.9 Å². The zero-order valence-corrected chi connectivity index (χ0v) is 17.5. The molecule has 0 saturated carbocycles. The van der Waals surface area contributed by atoms with Crippen molar-refractivity contribution in [1.82, 2.24) is 10.3 Å². The van der Waals surface area contributed by atoms with Crippen LogP contribution in [-0.2, 0) is 6.42 Å². The van der Waals surface area contributed by atoms with E-state index in [2.05, 4.69) is 15.3 Å². The van der Waals surface area contributed by atoms with E-state index in [0.29, 0.717) is 22.5 Å². The van der Waals surface area contributed by atoms with Gasteiger partial charge in [0.1, 0.15) is 0 Å². The van der Waals surface area contributed by atoms with Gasteiger partial charge in [0.05, 0.1) is 11.0 Å². The molecule has 23 heavy (non-hydrogen) atoms. The Balaban J connectivity index is 0.00000264. The van der Waals surface area contributed by atoms with E-state index < -0.39 is 0 Å². The molecule has 1 heterocycles. The number of hydrogen-bond donors (Lipinski definition) is 2. The van der Waals surface area contributed by atoms with E-state index >= 15 is 0 Å². The molecule has 126 valence electrons. The van der Waals surface area contributed by atoms with Gasteiger partial charge in [-0.05, 0) is 31.5 Å². The summed E-state index contributed by atoms with van der Waals surface area (Å²) in [6.07, 6.45) is 2.66. The summed E-state index contributed by atoms with van der Waals surface area (Å²) >= 11 is 13.8. The van der Waals surface area contributed by atoms with E-state index in [9.17, 15) is 0 Å². The van der Waals surface area contributed by atoms with E-state index in [-0.39, 0.29) is 30.0 Å². The molecule has 1 aromatic heterocycles. The van der Waals surface area contributed by atoms with Crippen LogP contribution in [0.3, 0.4) is 0 Å². The molecule has 3 N–H and O–H groups in total. The van der Waals surface area contributed by atoms with Crippen LogP contribution < -0.4 is 11.1 Å². The Morgan fingerprint density at radius 1 is 1.43 bits per heavy atom. The van der Waals surface area contributed by atoms with Crippen LogP contribution in [0.1, 0.15) is 28.4 Å². The first kappa shape index (κ1) is 20.5. The second-order valence-electron chi connectivity index (χ2n) is 4.91. The lowest BCUT2D eigenvalue weighted by Gasteiger charge is -2.16. The number of hydrogen-bond acceptors (Lipinski definition) is 3. The van der Waals surface area contributed by atoms with Crippen molar-refractivity contribution in [2.75, 3.05) is 6.54 Å². The van der Waals surface area contributed by atoms with Crippen LogP contribution in [-0.4, -0.2) is 17.5 Å². The number of halogens is 3. The number of thiazole rings is 1. The molecule has 0 spiro atoms. The summed E-state index contributed by atoms with van der Waals surface area (Å²) in [6, 6.07) is 5.36. The predicted molar refractivity (Wildman–Crippen MR) is 110 cm³/mol. The highest BCUT2D eigenvalue weighted by molar-refractivity contribution is 14.0. The van der Waals surface area contributed by atoms with Gasteiger partial charge >= 0.3 is 0 Å². The van der Waals surface area contributed by atoms with Crippen molar-refractivity contribution in [2.45, 2.75) is 26.3 Å². The Hall–Kier alpha value is -0.570. The van der Waals surface area contributed by atoms with Crippen molar-refractivity contribution in [3.8, 4) is 0 Å². The van der Waals surface area contributed by atoms with Gasteiger partial charge in [-0.25, -0.2) is 4.98 Å². The van der Waals surface area contributed by atoms with Gasteiger partial charge in [0, 0.05) is 34.1 Å². The molecular formula is C15H19Cl2IN4S. The lowest BCUT2D eigenvalue weighted by molar-refractivity contribution is 0.707. The minimum Gasteiger partial charge on any atom is -0.370 e. The van der Waals surface area contributed by atoms with Crippen molar-refractivity contribution >= 4 is 64.5 Å². The second-order valence-corrected chi connectivity index (χ2v) is 7.08. The van der Waals surface area contributed by atoms with Gasteiger partial charge in [0.15, 0.2) is 5.96 Å². The van der Waals surface area contributed by atoms with Gasteiger partial charge in [0.2, 0.25) is 0 Å². The molecule has 0 radical (unpaired) electrons. The van der Waals surface area contributed by atoms with Crippen molar-refractivity contribution in [3.05, 3.63) is 49.9 Å². The third-order valence-corrected chi connectivity index (χ3v) is 4.61. The van der Waals surface area contributed by atoms with Crippen molar-refractivity contribution in [3.63, 3.8) is 0 Å². The van der Waals surface area contributed by atoms with Crippen LogP contribution in [0.5, 0.6) is 0 Å². The Morgan fingerprint density at radius 3 is 2.78 bits per heavy atom. The van der Waals surface area contributed by atoms with Crippen LogP contribution in [0, 0.1) is 6.92 Å². The summed E-state index contributed by atoms with van der Waals surface area (Å²) in [7, 11) is 0. The SMILES string of the molecule is Cc1cnc(CCN=C(N)NC(C)c2ccc(Cl)cc2Cl)s1.I. The van der Waals surface area contributed by atoms with Gasteiger partial charge < -0.3 is 11.1 Å². The van der Waals surface area contributed by atoms with E-state index in [1.165, 1.54) is 4.88 Å². The maximum atomic E-state index is 6.18. The average Bonchev–Trinajstić information content (AvgIpc) is 2.84. The molecule has 4 nitrogen and oxygen atoms in total. The van der Waals surface area contributed by atoms with Gasteiger partial charge in [-0.2, -0.15) is 0 Å². The first-order chi connectivity index (χ1) is 10.5. The lowest BCUT2D eigenvalue weighted by atomic mass is 10.1. The maximum absolute atomic E-state index is 6.18. The fraction of sp³-hybridized carbons (Fsp3) is 0.333. The zero-order chi connectivity index (χ0) is 16.1. The Labute approximate surface area is 167 Å². The van der Waals surface area contributed by atoms with Crippen LogP contribution in [0.4, 0.5) is 0 Å². The molecule has 1 atom stereocenters. The molecule has 0 aliphatic rings. The predicted octanol–water partition coefficient (Wildman–Crippen LogP) is 4.58. The van der Waals surface area contributed by atoms with E-state index in [1.807, 2.05) is 26.1 Å². The fourth-order valence-corrected chi connectivity index (χ4v) is 3.33. The van der Waals surface area contributed by atoms with Crippen molar-refractivity contribution < 1.29 is 0 Å². The van der Waals surface area contributed by atoms with Crippen LogP contribution in [0.2, 0.25) is 10.0 Å². The summed E-state index contributed by atoms with van der Waals surface area (Å²) in [5.41, 5.74) is 6.84. The molecule has 2 rings (SSSR count). The third-order valence-electron chi connectivity index (χ3n) is 3.07. The number of nitrogens with one attached hydrogen (secondary N) is 1. The minimum absolute atomic E-state index is 0. The van der Waals surface area contributed by atoms with E-state index in [1.54, 1.807) is 23.5 Å². The first-order valence-corrected chi connectivity index (χ1v) is 8.45. The average molecular weight is 485 g/mol. The molecule has 0 aliphatic carbocycles. The molecule has 0 amide bonds. The van der Waals surface area contributed by atoms with Crippen LogP contribution in [0.25, 0.3) is 0 Å². The van der Waals surface area contributed by atoms with Crippen LogP contribution in [0.15, 0.2) is 29.4 Å². The number of aliphatic imine (C=N–C) groups is 1. The molecule has 1 unspecified atom stereocenters. The van der Waals surface area contributed by atoms with Gasteiger partial charge in [-0.3, -0.25) is 4.99 Å². The fourth-order valence-electron chi connectivity index (χ4n) is 1.99. The van der Waals surface area contributed by atoms with Gasteiger partial charge in [-0.15, -0.1) is 35.3 Å². The molecule has 0 fully saturated rings. The molecule has 2 aromatic rings. The summed E-state index contributed by atoms with van der Waals surface area (Å²) in [5.74, 6) is 0.395. The molecule has 0 bridgehead atoms. The normalized spacial score (nSPS) is 12.6. The quantitative estimate of drug-likeness (QED) is 0.370. The Bertz CT molecular complexity index is 675. The highest BCUT2D eigenvalue weighted by Crippen LogP contribution is 2.25. The lowest BCUT2D eigenvalue weighted by Crippen LogP contribution is -2.34. The standard InChI is InChI=1S/C15H18Cl2N4S.HI/c1-9-8-20-14(22-9)5-6-19-15(18)21-10(2)12-4-3-11(16)7-13(12)17;/h3-4,7-8,10H,5-6H2,1-2H3,(H3,18,19,21);1H. The maximum Gasteiger partial charge on any atom is 0.189 e. The van der Waals surface area contributed by atoms with Crippen LogP contribution >= 0.6 is 58.5 Å². The number of rotatable bonds is 5. The Morgan fingerprint density at radius 2 is 2.17 bits per heavy atom. The summed E-state index contributed by atoms with van der Waals surface area (Å²) < 4.78 is 0. The molecule has 0 saturated heterocycles. The number of aromatic nitrogens is 1. The zero-order valence-electron chi connectivity index (χ0n) is 12.8. The number of nitrogens with zero attached hydrogens (tertiary/aromatic N) is 2. The number of benzene rings is 1. The largest absolute Gasteiger partial charge is 0.370 e. The number of nitrogens with two attached hydrogens (primary N) is 1. The first-order valence-electron chi connectivity index (χ1n) is 6.88. The topological polar surface area (TPSA) is 63.3 Å². The molecule has 8 heteroatoms. The number of guanidine groups is 1. The summed E-state index contributed by atoms with van der Waals surface area (Å²) in [5, 5.41) is 5.43. The van der Waals surface area contributed by atoms with Crippen molar-refractivity contribution in [1.29, 1.82) is 0 Å². The third kappa shape index (κ3) is 6.45. The van der Waals surface area contributed by atoms with Crippen molar-refractivity contribution in [2.24, 2.45) is 10.7 Å². The smallest absolute Gasteiger partial charge is 0.189 e. The molecule has 1 aromatic carbocycles. The highest BCUT2D eigenvalue weighted by Gasteiger charge is 2.10. The monoisotopic (exact) mass is 484 g/mol. The highest BCUT2D eigenvalue weighted by atomic mass is 127. The van der Waals surface area contributed by atoms with Gasteiger partial charge in [0.25, 0.3) is 0 Å².